The maximum Gasteiger partial charge on any atom is 0.111 e. The molecule has 0 N–H and O–H groups in total. The SMILES string of the molecule is C=C1CCc2cc(-c3ccc4c(c3)nc3n4CCN(C4CCC4)CC3)ccc2C1. The molecule has 1 aromatic heterocycles. The predicted octanol–water partition coefficient (Wildman–Crippen LogP) is 5.16. The van der Waals surface area contributed by atoms with Gasteiger partial charge in [0.05, 0.1) is 11.0 Å². The summed E-state index contributed by atoms with van der Waals surface area (Å²) in [5.74, 6) is 1.27. The summed E-state index contributed by atoms with van der Waals surface area (Å²) in [6.07, 6.45) is 8.56. The molecule has 3 nitrogen and oxygen atoms in total. The molecule has 0 saturated heterocycles. The van der Waals surface area contributed by atoms with Gasteiger partial charge in [-0.3, -0.25) is 4.90 Å². The molecule has 6 rings (SSSR count). The zero-order chi connectivity index (χ0) is 19.4. The van der Waals surface area contributed by atoms with Crippen molar-refractivity contribution in [2.24, 2.45) is 0 Å². The summed E-state index contributed by atoms with van der Waals surface area (Å²) in [7, 11) is 0. The third-order valence-corrected chi connectivity index (χ3v) is 7.38. The van der Waals surface area contributed by atoms with Crippen LogP contribution in [0, 0.1) is 0 Å². The third kappa shape index (κ3) is 3.03. The molecular formula is C26H29N3. The Hall–Kier alpha value is -2.39. The van der Waals surface area contributed by atoms with Gasteiger partial charge in [-0.2, -0.15) is 0 Å². The van der Waals surface area contributed by atoms with Crippen LogP contribution in [0.4, 0.5) is 0 Å². The van der Waals surface area contributed by atoms with Crippen molar-refractivity contribution in [1.29, 1.82) is 0 Å². The van der Waals surface area contributed by atoms with Crippen molar-refractivity contribution in [3.8, 4) is 11.1 Å². The molecule has 2 aromatic carbocycles. The third-order valence-electron chi connectivity index (χ3n) is 7.38. The van der Waals surface area contributed by atoms with E-state index in [1.54, 1.807) is 0 Å². The Balaban J connectivity index is 1.31. The Morgan fingerprint density at radius 2 is 1.72 bits per heavy atom. The lowest BCUT2D eigenvalue weighted by atomic mass is 9.87. The molecule has 148 valence electrons. The van der Waals surface area contributed by atoms with Gasteiger partial charge in [0.15, 0.2) is 0 Å². The van der Waals surface area contributed by atoms with E-state index in [-0.39, 0.29) is 0 Å². The summed E-state index contributed by atoms with van der Waals surface area (Å²) >= 11 is 0. The fourth-order valence-corrected chi connectivity index (χ4v) is 5.38. The second-order valence-corrected chi connectivity index (χ2v) is 9.16. The average Bonchev–Trinajstić information content (AvgIpc) is 2.92. The highest BCUT2D eigenvalue weighted by Gasteiger charge is 2.27. The fourth-order valence-electron chi connectivity index (χ4n) is 5.38. The number of fused-ring (bicyclic) bond motifs is 4. The van der Waals surface area contributed by atoms with Gasteiger partial charge in [-0.1, -0.05) is 42.8 Å². The summed E-state index contributed by atoms with van der Waals surface area (Å²) in [6, 6.07) is 14.7. The monoisotopic (exact) mass is 383 g/mol. The Morgan fingerprint density at radius 1 is 0.862 bits per heavy atom. The number of imidazole rings is 1. The molecule has 0 amide bonds. The van der Waals surface area contributed by atoms with E-state index in [1.807, 2.05) is 0 Å². The molecule has 0 atom stereocenters. The van der Waals surface area contributed by atoms with Crippen LogP contribution >= 0.6 is 0 Å². The van der Waals surface area contributed by atoms with Crippen molar-refractivity contribution in [3.63, 3.8) is 0 Å². The van der Waals surface area contributed by atoms with E-state index in [9.17, 15) is 0 Å². The van der Waals surface area contributed by atoms with Crippen molar-refractivity contribution in [1.82, 2.24) is 14.5 Å². The minimum absolute atomic E-state index is 0.832. The van der Waals surface area contributed by atoms with Crippen LogP contribution in [0.15, 0.2) is 48.6 Å². The quantitative estimate of drug-likeness (QED) is 0.570. The molecule has 2 aliphatic carbocycles. The van der Waals surface area contributed by atoms with Crippen molar-refractivity contribution < 1.29 is 0 Å². The molecule has 0 bridgehead atoms. The molecule has 3 aromatic rings. The van der Waals surface area contributed by atoms with Gasteiger partial charge in [-0.15, -0.1) is 0 Å². The Morgan fingerprint density at radius 3 is 2.59 bits per heavy atom. The van der Waals surface area contributed by atoms with Crippen molar-refractivity contribution in [2.75, 3.05) is 13.1 Å². The molecule has 1 fully saturated rings. The van der Waals surface area contributed by atoms with Gasteiger partial charge in [0.2, 0.25) is 0 Å². The van der Waals surface area contributed by atoms with Gasteiger partial charge in [-0.05, 0) is 66.5 Å². The molecule has 2 heterocycles. The lowest BCUT2D eigenvalue weighted by Gasteiger charge is -2.36. The number of rotatable bonds is 2. The topological polar surface area (TPSA) is 21.1 Å². The molecule has 1 saturated carbocycles. The molecule has 29 heavy (non-hydrogen) atoms. The Labute approximate surface area is 173 Å². The van der Waals surface area contributed by atoms with E-state index < -0.39 is 0 Å². The van der Waals surface area contributed by atoms with Crippen molar-refractivity contribution in [2.45, 2.75) is 57.5 Å². The maximum absolute atomic E-state index is 5.06. The van der Waals surface area contributed by atoms with E-state index in [4.69, 9.17) is 4.98 Å². The van der Waals surface area contributed by atoms with Gasteiger partial charge < -0.3 is 4.57 Å². The standard InChI is InChI=1S/C26H29N3/c1-18-5-6-20-16-21(8-7-19(20)15-18)22-9-10-25-24(17-22)27-26-11-12-28(13-14-29(25)26)23-3-2-4-23/h7-10,16-17,23H,1-6,11-15H2. The van der Waals surface area contributed by atoms with Crippen molar-refractivity contribution in [3.05, 3.63) is 65.5 Å². The molecule has 3 heteroatoms. The van der Waals surface area contributed by atoms with E-state index in [0.717, 1.165) is 50.3 Å². The van der Waals surface area contributed by atoms with E-state index in [1.165, 1.54) is 65.0 Å². The van der Waals surface area contributed by atoms with Gasteiger partial charge in [0.25, 0.3) is 0 Å². The molecular weight excluding hydrogens is 354 g/mol. The first-order chi connectivity index (χ1) is 14.2. The van der Waals surface area contributed by atoms with Crippen LogP contribution < -0.4 is 0 Å². The Kier molecular flexibility index (Phi) is 4.12. The highest BCUT2D eigenvalue weighted by Crippen LogP contribution is 2.32. The van der Waals surface area contributed by atoms with Crippen LogP contribution in [0.5, 0.6) is 0 Å². The number of benzene rings is 2. The van der Waals surface area contributed by atoms with Gasteiger partial charge in [-0.25, -0.2) is 4.98 Å². The molecule has 0 unspecified atom stereocenters. The molecule has 0 spiro atoms. The smallest absolute Gasteiger partial charge is 0.111 e. The summed E-state index contributed by atoms with van der Waals surface area (Å²) in [5.41, 5.74) is 9.37. The first kappa shape index (κ1) is 17.5. The maximum atomic E-state index is 5.06. The van der Waals surface area contributed by atoms with Crippen LogP contribution in [0.2, 0.25) is 0 Å². The predicted molar refractivity (Wildman–Crippen MR) is 119 cm³/mol. The Bertz CT molecular complexity index is 1100. The van der Waals surface area contributed by atoms with E-state index in [0.29, 0.717) is 0 Å². The zero-order valence-corrected chi connectivity index (χ0v) is 17.2. The number of aromatic nitrogens is 2. The largest absolute Gasteiger partial charge is 0.327 e. The lowest BCUT2D eigenvalue weighted by Crippen LogP contribution is -2.41. The van der Waals surface area contributed by atoms with Crippen LogP contribution in [0.3, 0.4) is 0 Å². The van der Waals surface area contributed by atoms with Crippen LogP contribution in [0.25, 0.3) is 22.2 Å². The highest BCUT2D eigenvalue weighted by molar-refractivity contribution is 5.83. The summed E-state index contributed by atoms with van der Waals surface area (Å²) in [6.45, 7) is 7.58. The normalized spacial score (nSPS) is 20.2. The molecule has 1 aliphatic heterocycles. The second-order valence-electron chi connectivity index (χ2n) is 9.16. The number of hydrogen-bond acceptors (Lipinski definition) is 2. The first-order valence-corrected chi connectivity index (χ1v) is 11.3. The number of hydrogen-bond donors (Lipinski definition) is 0. The van der Waals surface area contributed by atoms with Crippen molar-refractivity contribution >= 4 is 11.0 Å². The lowest BCUT2D eigenvalue weighted by molar-refractivity contribution is 0.130. The highest BCUT2D eigenvalue weighted by atomic mass is 15.2. The minimum atomic E-state index is 0.832. The first-order valence-electron chi connectivity index (χ1n) is 11.3. The molecule has 0 radical (unpaired) electrons. The number of nitrogens with zero attached hydrogens (tertiary/aromatic N) is 3. The number of aryl methyl sites for hydroxylation is 1. The second kappa shape index (κ2) is 6.84. The van der Waals surface area contributed by atoms with Gasteiger partial charge in [0.1, 0.15) is 5.82 Å². The summed E-state index contributed by atoms with van der Waals surface area (Å²) in [5, 5.41) is 0. The average molecular weight is 384 g/mol. The van der Waals surface area contributed by atoms with Gasteiger partial charge in [0, 0.05) is 32.1 Å². The minimum Gasteiger partial charge on any atom is -0.327 e. The molecule has 3 aliphatic rings. The summed E-state index contributed by atoms with van der Waals surface area (Å²) < 4.78 is 2.47. The summed E-state index contributed by atoms with van der Waals surface area (Å²) in [4.78, 5) is 7.75. The van der Waals surface area contributed by atoms with Crippen LogP contribution in [-0.2, 0) is 25.8 Å². The van der Waals surface area contributed by atoms with Crippen LogP contribution in [-0.4, -0.2) is 33.6 Å². The van der Waals surface area contributed by atoms with E-state index in [2.05, 4.69) is 52.4 Å². The van der Waals surface area contributed by atoms with Gasteiger partial charge >= 0.3 is 0 Å². The van der Waals surface area contributed by atoms with E-state index >= 15 is 0 Å². The van der Waals surface area contributed by atoms with Crippen LogP contribution in [0.1, 0.15) is 42.6 Å². The fraction of sp³-hybridized carbons (Fsp3) is 0.423. The number of allylic oxidation sites excluding steroid dienone is 1. The zero-order valence-electron chi connectivity index (χ0n) is 17.2.